The molecule has 1 atom stereocenters. The lowest BCUT2D eigenvalue weighted by Crippen LogP contribution is -2.23. The Labute approximate surface area is 163 Å². The van der Waals surface area contributed by atoms with Gasteiger partial charge in [0, 0.05) is 15.5 Å². The van der Waals surface area contributed by atoms with Crippen molar-refractivity contribution in [3.8, 4) is 0 Å². The first-order valence-electron chi connectivity index (χ1n) is 7.58. The Kier molecular flexibility index (Phi) is 5.64. The minimum atomic E-state index is -0.418. The van der Waals surface area contributed by atoms with Gasteiger partial charge in [-0.05, 0) is 58.7 Å². The highest BCUT2D eigenvalue weighted by Gasteiger charge is 2.21. The molecule has 1 heterocycles. The van der Waals surface area contributed by atoms with E-state index >= 15 is 0 Å². The van der Waals surface area contributed by atoms with Crippen LogP contribution in [0.4, 0.5) is 5.69 Å². The number of carbonyl (C=O) groups excluding carboxylic acids is 1. The Morgan fingerprint density at radius 3 is 2.80 bits per heavy atom. The van der Waals surface area contributed by atoms with Crippen LogP contribution in [0.3, 0.4) is 0 Å². The molecular weight excluding hydrogens is 427 g/mol. The van der Waals surface area contributed by atoms with Crippen LogP contribution in [0.25, 0.3) is 10.9 Å². The Hall–Kier alpha value is -1.60. The number of aromatic amines is 1. The van der Waals surface area contributed by atoms with Gasteiger partial charge in [0.25, 0.3) is 0 Å². The number of nitrogens with two attached hydrogens (primary N) is 1. The smallest absolute Gasteiger partial charge is 0.231 e. The number of hydrogen-bond donors (Lipinski definition) is 3. The SMILES string of the molecule is NCCC(C(=O)Nc1cc(Br)c2[nH]ncc2c1)c1ccc(Cl)c(Cl)c1. The van der Waals surface area contributed by atoms with E-state index in [9.17, 15) is 4.79 Å². The molecule has 0 aliphatic rings. The Bertz CT molecular complexity index is 928. The summed E-state index contributed by atoms with van der Waals surface area (Å²) < 4.78 is 0.822. The molecule has 25 heavy (non-hydrogen) atoms. The van der Waals surface area contributed by atoms with Gasteiger partial charge in [0.05, 0.1) is 27.7 Å². The van der Waals surface area contributed by atoms with E-state index in [2.05, 4.69) is 31.4 Å². The number of amides is 1. The summed E-state index contributed by atoms with van der Waals surface area (Å²) in [6.07, 6.45) is 2.20. The van der Waals surface area contributed by atoms with Crippen molar-refractivity contribution >= 4 is 61.6 Å². The molecule has 3 rings (SSSR count). The predicted molar refractivity (Wildman–Crippen MR) is 105 cm³/mol. The molecule has 0 aliphatic carbocycles. The van der Waals surface area contributed by atoms with E-state index in [1.54, 1.807) is 24.4 Å². The highest BCUT2D eigenvalue weighted by molar-refractivity contribution is 9.10. The fraction of sp³-hybridized carbons (Fsp3) is 0.176. The highest BCUT2D eigenvalue weighted by Crippen LogP contribution is 2.30. The maximum Gasteiger partial charge on any atom is 0.231 e. The lowest BCUT2D eigenvalue weighted by Gasteiger charge is -2.17. The van der Waals surface area contributed by atoms with Crippen LogP contribution in [0, 0.1) is 0 Å². The zero-order chi connectivity index (χ0) is 18.0. The van der Waals surface area contributed by atoms with E-state index < -0.39 is 5.92 Å². The first-order chi connectivity index (χ1) is 12.0. The Morgan fingerprint density at radius 1 is 1.28 bits per heavy atom. The van der Waals surface area contributed by atoms with E-state index in [0.29, 0.717) is 28.7 Å². The van der Waals surface area contributed by atoms with Crippen LogP contribution in [0.5, 0.6) is 0 Å². The van der Waals surface area contributed by atoms with Crippen molar-refractivity contribution in [1.29, 1.82) is 0 Å². The number of nitrogens with one attached hydrogen (secondary N) is 2. The minimum Gasteiger partial charge on any atom is -0.330 e. The second kappa shape index (κ2) is 7.74. The van der Waals surface area contributed by atoms with Crippen molar-refractivity contribution in [3.05, 3.63) is 56.6 Å². The normalized spacial score (nSPS) is 12.3. The predicted octanol–water partition coefficient (Wildman–Crippen LogP) is 4.70. The van der Waals surface area contributed by atoms with Crippen LogP contribution in [0.15, 0.2) is 41.0 Å². The van der Waals surface area contributed by atoms with Gasteiger partial charge in [-0.2, -0.15) is 5.10 Å². The van der Waals surface area contributed by atoms with Gasteiger partial charge in [-0.1, -0.05) is 29.3 Å². The summed E-state index contributed by atoms with van der Waals surface area (Å²) >= 11 is 15.5. The maximum absolute atomic E-state index is 12.8. The molecule has 0 aliphatic heterocycles. The lowest BCUT2D eigenvalue weighted by molar-refractivity contribution is -0.117. The second-order valence-corrected chi connectivity index (χ2v) is 7.25. The molecule has 0 fully saturated rings. The summed E-state index contributed by atoms with van der Waals surface area (Å²) in [6.45, 7) is 0.378. The van der Waals surface area contributed by atoms with Gasteiger partial charge < -0.3 is 11.1 Å². The average molecular weight is 442 g/mol. The first kappa shape index (κ1) is 18.2. The summed E-state index contributed by atoms with van der Waals surface area (Å²) in [5.74, 6) is -0.572. The van der Waals surface area contributed by atoms with Gasteiger partial charge in [-0.25, -0.2) is 0 Å². The number of halogens is 3. The Morgan fingerprint density at radius 2 is 2.08 bits per heavy atom. The summed E-state index contributed by atoms with van der Waals surface area (Å²) in [5.41, 5.74) is 8.02. The van der Waals surface area contributed by atoms with E-state index in [4.69, 9.17) is 28.9 Å². The minimum absolute atomic E-state index is 0.154. The fourth-order valence-corrected chi connectivity index (χ4v) is 3.53. The summed E-state index contributed by atoms with van der Waals surface area (Å²) in [4.78, 5) is 12.8. The van der Waals surface area contributed by atoms with Gasteiger partial charge in [0.1, 0.15) is 0 Å². The molecule has 1 unspecified atom stereocenters. The molecule has 3 aromatic rings. The number of rotatable bonds is 5. The maximum atomic E-state index is 12.8. The number of carbonyl (C=O) groups is 1. The van der Waals surface area contributed by atoms with Gasteiger partial charge in [-0.15, -0.1) is 0 Å². The van der Waals surface area contributed by atoms with Crippen molar-refractivity contribution < 1.29 is 4.79 Å². The number of nitrogens with zero attached hydrogens (tertiary/aromatic N) is 1. The van der Waals surface area contributed by atoms with E-state index in [0.717, 1.165) is 20.9 Å². The topological polar surface area (TPSA) is 83.8 Å². The molecule has 5 nitrogen and oxygen atoms in total. The molecule has 130 valence electrons. The zero-order valence-electron chi connectivity index (χ0n) is 13.0. The fourth-order valence-electron chi connectivity index (χ4n) is 2.66. The van der Waals surface area contributed by atoms with Crippen LogP contribution >= 0.6 is 39.1 Å². The zero-order valence-corrected chi connectivity index (χ0v) is 16.1. The number of aromatic nitrogens is 2. The number of H-pyrrole nitrogens is 1. The third-order valence-electron chi connectivity index (χ3n) is 3.89. The monoisotopic (exact) mass is 440 g/mol. The molecule has 0 spiro atoms. The van der Waals surface area contributed by atoms with Crippen molar-refractivity contribution in [1.82, 2.24) is 10.2 Å². The number of anilines is 1. The van der Waals surface area contributed by atoms with Crippen molar-refractivity contribution in [2.75, 3.05) is 11.9 Å². The number of fused-ring (bicyclic) bond motifs is 1. The van der Waals surface area contributed by atoms with Crippen LogP contribution < -0.4 is 11.1 Å². The van der Waals surface area contributed by atoms with Crippen LogP contribution in [0.1, 0.15) is 17.9 Å². The third kappa shape index (κ3) is 3.98. The lowest BCUT2D eigenvalue weighted by atomic mass is 9.94. The molecule has 0 saturated heterocycles. The summed E-state index contributed by atoms with van der Waals surface area (Å²) in [5, 5.41) is 11.6. The average Bonchev–Trinajstić information content (AvgIpc) is 3.04. The Balaban J connectivity index is 1.88. The molecule has 0 saturated carbocycles. The standard InChI is InChI=1S/C17H15BrCl2N4O/c18-13-7-11(5-10-8-22-24-16(10)13)23-17(25)12(3-4-21)9-1-2-14(19)15(20)6-9/h1-2,5-8,12H,3-4,21H2,(H,22,24)(H,23,25). The van der Waals surface area contributed by atoms with Gasteiger partial charge in [-0.3, -0.25) is 9.89 Å². The van der Waals surface area contributed by atoms with E-state index in [1.807, 2.05) is 12.1 Å². The molecule has 1 aromatic heterocycles. The van der Waals surface area contributed by atoms with Crippen molar-refractivity contribution in [2.24, 2.45) is 5.73 Å². The molecule has 4 N–H and O–H groups in total. The van der Waals surface area contributed by atoms with Gasteiger partial charge >= 0.3 is 0 Å². The largest absolute Gasteiger partial charge is 0.330 e. The number of benzene rings is 2. The van der Waals surface area contributed by atoms with Crippen LogP contribution in [-0.4, -0.2) is 22.6 Å². The van der Waals surface area contributed by atoms with E-state index in [-0.39, 0.29) is 5.91 Å². The molecule has 0 bridgehead atoms. The molecule has 1 amide bonds. The second-order valence-electron chi connectivity index (χ2n) is 5.59. The quantitative estimate of drug-likeness (QED) is 0.536. The summed E-state index contributed by atoms with van der Waals surface area (Å²) in [7, 11) is 0. The van der Waals surface area contributed by atoms with Gasteiger partial charge in [0.15, 0.2) is 0 Å². The van der Waals surface area contributed by atoms with Crippen LogP contribution in [-0.2, 0) is 4.79 Å². The third-order valence-corrected chi connectivity index (χ3v) is 5.25. The van der Waals surface area contributed by atoms with E-state index in [1.165, 1.54) is 0 Å². The first-order valence-corrected chi connectivity index (χ1v) is 9.13. The molecule has 2 aromatic carbocycles. The highest BCUT2D eigenvalue weighted by atomic mass is 79.9. The number of hydrogen-bond acceptors (Lipinski definition) is 3. The van der Waals surface area contributed by atoms with Crippen molar-refractivity contribution in [3.63, 3.8) is 0 Å². The molecule has 0 radical (unpaired) electrons. The molecule has 8 heteroatoms. The van der Waals surface area contributed by atoms with Gasteiger partial charge in [0.2, 0.25) is 5.91 Å². The summed E-state index contributed by atoms with van der Waals surface area (Å²) in [6, 6.07) is 8.87. The van der Waals surface area contributed by atoms with Crippen LogP contribution in [0.2, 0.25) is 10.0 Å². The van der Waals surface area contributed by atoms with Crippen molar-refractivity contribution in [2.45, 2.75) is 12.3 Å². The molecular formula is C17H15BrCl2N4O.